The van der Waals surface area contributed by atoms with Gasteiger partial charge in [0.05, 0.1) is 6.04 Å². The van der Waals surface area contributed by atoms with Crippen LogP contribution in [0.25, 0.3) is 0 Å². The van der Waals surface area contributed by atoms with Gasteiger partial charge in [-0.3, -0.25) is 19.3 Å². The van der Waals surface area contributed by atoms with Crippen molar-refractivity contribution in [1.29, 1.82) is 0 Å². The summed E-state index contributed by atoms with van der Waals surface area (Å²) in [5.41, 5.74) is -0.882. The van der Waals surface area contributed by atoms with Crippen LogP contribution in [0, 0.1) is 11.8 Å². The molecule has 152 valence electrons. The van der Waals surface area contributed by atoms with Crippen molar-refractivity contribution in [3.63, 3.8) is 0 Å². The Morgan fingerprint density at radius 3 is 2.68 bits per heavy atom. The second-order valence-electron chi connectivity index (χ2n) is 8.65. The lowest BCUT2D eigenvalue weighted by Gasteiger charge is -2.38. The smallest absolute Gasteiger partial charge is 0.325 e. The molecule has 1 saturated carbocycles. The van der Waals surface area contributed by atoms with Crippen molar-refractivity contribution in [2.24, 2.45) is 11.8 Å². The summed E-state index contributed by atoms with van der Waals surface area (Å²) in [6, 6.07) is -0.798. The number of hydrogen-bond acceptors (Lipinski definition) is 4. The molecule has 0 spiro atoms. The van der Waals surface area contributed by atoms with Crippen LogP contribution in [0.3, 0.4) is 0 Å². The maximum Gasteiger partial charge on any atom is 0.325 e. The van der Waals surface area contributed by atoms with Gasteiger partial charge in [-0.05, 0) is 57.3 Å². The van der Waals surface area contributed by atoms with E-state index >= 15 is 0 Å². The Kier molecular flexibility index (Phi) is 4.89. The SMILES string of the molecule is CC1(C2CC2)NC(=O)N(CC(=O)N[C@@H]2CCC(=O)N[C@H]2C2CC=CCC2)C1=O. The summed E-state index contributed by atoms with van der Waals surface area (Å²) in [6.45, 7) is 1.46. The van der Waals surface area contributed by atoms with Gasteiger partial charge in [0.2, 0.25) is 11.8 Å². The van der Waals surface area contributed by atoms with Gasteiger partial charge < -0.3 is 16.0 Å². The fourth-order valence-corrected chi connectivity index (χ4v) is 4.77. The molecule has 2 unspecified atom stereocenters. The number of amides is 5. The van der Waals surface area contributed by atoms with E-state index in [2.05, 4.69) is 28.1 Å². The first-order chi connectivity index (χ1) is 13.4. The molecule has 0 radical (unpaired) electrons. The molecule has 2 heterocycles. The topological polar surface area (TPSA) is 108 Å². The second-order valence-corrected chi connectivity index (χ2v) is 8.65. The number of urea groups is 1. The third-order valence-electron chi connectivity index (χ3n) is 6.60. The summed E-state index contributed by atoms with van der Waals surface area (Å²) in [4.78, 5) is 50.5. The minimum absolute atomic E-state index is 0.0133. The van der Waals surface area contributed by atoms with Gasteiger partial charge in [-0.25, -0.2) is 4.79 Å². The van der Waals surface area contributed by atoms with Crippen LogP contribution in [-0.2, 0) is 14.4 Å². The van der Waals surface area contributed by atoms with Crippen molar-refractivity contribution in [2.45, 2.75) is 69.5 Å². The predicted octanol–water partition coefficient (Wildman–Crippen LogP) is 0.827. The molecule has 8 heteroatoms. The van der Waals surface area contributed by atoms with Gasteiger partial charge in [0.15, 0.2) is 0 Å². The first kappa shape index (κ1) is 19.0. The van der Waals surface area contributed by atoms with Gasteiger partial charge in [0, 0.05) is 12.5 Å². The van der Waals surface area contributed by atoms with Crippen molar-refractivity contribution < 1.29 is 19.2 Å². The van der Waals surface area contributed by atoms with E-state index in [-0.39, 0.29) is 48.2 Å². The van der Waals surface area contributed by atoms with Crippen LogP contribution >= 0.6 is 0 Å². The van der Waals surface area contributed by atoms with Crippen LogP contribution in [0.15, 0.2) is 12.2 Å². The van der Waals surface area contributed by atoms with Gasteiger partial charge in [0.25, 0.3) is 5.91 Å². The third-order valence-corrected chi connectivity index (χ3v) is 6.60. The molecule has 5 amide bonds. The Labute approximate surface area is 164 Å². The zero-order chi connectivity index (χ0) is 19.9. The van der Waals surface area contributed by atoms with Gasteiger partial charge in [-0.2, -0.15) is 0 Å². The average Bonchev–Trinajstić information content (AvgIpc) is 3.50. The van der Waals surface area contributed by atoms with E-state index in [0.29, 0.717) is 12.8 Å². The van der Waals surface area contributed by atoms with Crippen molar-refractivity contribution in [2.75, 3.05) is 6.54 Å². The highest BCUT2D eigenvalue weighted by Crippen LogP contribution is 2.42. The standard InChI is InChI=1S/C20H28N4O4/c1-20(13-7-8-13)18(27)24(19(28)23-20)11-16(26)21-14-9-10-15(25)22-17(14)12-5-3-2-4-6-12/h2-3,12-14,17H,4-11H2,1H3,(H,21,26)(H,22,25)(H,23,28)/t12?,14-,17+,20?/m1/s1. The van der Waals surface area contributed by atoms with E-state index in [1.807, 2.05) is 0 Å². The van der Waals surface area contributed by atoms with E-state index in [9.17, 15) is 19.2 Å². The number of nitrogens with one attached hydrogen (secondary N) is 3. The Hall–Kier alpha value is -2.38. The number of imide groups is 1. The van der Waals surface area contributed by atoms with Gasteiger partial charge >= 0.3 is 6.03 Å². The largest absolute Gasteiger partial charge is 0.351 e. The molecule has 0 aromatic rings. The molecule has 2 aliphatic heterocycles. The number of carbonyl (C=O) groups excluding carboxylic acids is 4. The number of piperidine rings is 1. The minimum atomic E-state index is -0.882. The van der Waals surface area contributed by atoms with E-state index in [1.54, 1.807) is 6.92 Å². The highest BCUT2D eigenvalue weighted by atomic mass is 16.2. The summed E-state index contributed by atoms with van der Waals surface area (Å²) in [5.74, 6) is -0.217. The summed E-state index contributed by atoms with van der Waals surface area (Å²) in [6.07, 6.45) is 9.87. The molecule has 3 fully saturated rings. The fraction of sp³-hybridized carbons (Fsp3) is 0.700. The quantitative estimate of drug-likeness (QED) is 0.479. The van der Waals surface area contributed by atoms with E-state index < -0.39 is 11.6 Å². The molecule has 4 atom stereocenters. The monoisotopic (exact) mass is 388 g/mol. The Morgan fingerprint density at radius 1 is 1.21 bits per heavy atom. The van der Waals surface area contributed by atoms with E-state index in [4.69, 9.17) is 0 Å². The molecule has 28 heavy (non-hydrogen) atoms. The Bertz CT molecular complexity index is 732. The number of hydrogen-bond donors (Lipinski definition) is 3. The molecule has 4 aliphatic rings. The zero-order valence-corrected chi connectivity index (χ0v) is 16.2. The van der Waals surface area contributed by atoms with Crippen LogP contribution in [-0.4, -0.2) is 52.8 Å². The lowest BCUT2D eigenvalue weighted by Crippen LogP contribution is -2.59. The average molecular weight is 388 g/mol. The Morgan fingerprint density at radius 2 is 2.00 bits per heavy atom. The molecular weight excluding hydrogens is 360 g/mol. The number of nitrogens with zero attached hydrogens (tertiary/aromatic N) is 1. The lowest BCUT2D eigenvalue weighted by atomic mass is 9.81. The summed E-state index contributed by atoms with van der Waals surface area (Å²) < 4.78 is 0. The highest BCUT2D eigenvalue weighted by Gasteiger charge is 2.56. The molecule has 0 aromatic heterocycles. The van der Waals surface area contributed by atoms with Gasteiger partial charge in [-0.1, -0.05) is 12.2 Å². The molecule has 4 rings (SSSR count). The molecule has 8 nitrogen and oxygen atoms in total. The van der Waals surface area contributed by atoms with Crippen molar-refractivity contribution in [3.8, 4) is 0 Å². The third kappa shape index (κ3) is 3.52. The second kappa shape index (κ2) is 7.22. The van der Waals surface area contributed by atoms with Crippen molar-refractivity contribution in [3.05, 3.63) is 12.2 Å². The first-order valence-electron chi connectivity index (χ1n) is 10.3. The molecule has 2 saturated heterocycles. The van der Waals surface area contributed by atoms with Crippen LogP contribution in [0.4, 0.5) is 4.79 Å². The van der Waals surface area contributed by atoms with Crippen molar-refractivity contribution >= 4 is 23.8 Å². The lowest BCUT2D eigenvalue weighted by molar-refractivity contribution is -0.135. The molecule has 0 bridgehead atoms. The molecule has 2 aliphatic carbocycles. The highest BCUT2D eigenvalue weighted by molar-refractivity contribution is 6.09. The zero-order valence-electron chi connectivity index (χ0n) is 16.2. The first-order valence-corrected chi connectivity index (χ1v) is 10.3. The summed E-state index contributed by atoms with van der Waals surface area (Å²) in [5, 5.41) is 8.78. The van der Waals surface area contributed by atoms with Gasteiger partial charge in [-0.15, -0.1) is 0 Å². The summed E-state index contributed by atoms with van der Waals surface area (Å²) in [7, 11) is 0. The maximum atomic E-state index is 12.7. The molecule has 3 N–H and O–H groups in total. The fourth-order valence-electron chi connectivity index (χ4n) is 4.77. The predicted molar refractivity (Wildman–Crippen MR) is 101 cm³/mol. The molecule has 0 aromatic carbocycles. The van der Waals surface area contributed by atoms with E-state index in [0.717, 1.165) is 37.0 Å². The number of rotatable bonds is 5. The Balaban J connectivity index is 1.39. The maximum absolute atomic E-state index is 12.7. The van der Waals surface area contributed by atoms with Crippen molar-refractivity contribution in [1.82, 2.24) is 20.9 Å². The number of carbonyl (C=O) groups is 4. The minimum Gasteiger partial charge on any atom is -0.351 e. The summed E-state index contributed by atoms with van der Waals surface area (Å²) >= 11 is 0. The van der Waals surface area contributed by atoms with Crippen LogP contribution in [0.5, 0.6) is 0 Å². The normalized spacial score (nSPS) is 35.5. The van der Waals surface area contributed by atoms with Crippen LogP contribution in [0.2, 0.25) is 0 Å². The van der Waals surface area contributed by atoms with E-state index in [1.165, 1.54) is 0 Å². The van der Waals surface area contributed by atoms with Gasteiger partial charge in [0.1, 0.15) is 12.1 Å². The van der Waals surface area contributed by atoms with Crippen LogP contribution in [0.1, 0.15) is 51.9 Å². The van der Waals surface area contributed by atoms with Crippen LogP contribution < -0.4 is 16.0 Å². The number of allylic oxidation sites excluding steroid dienone is 2. The molecular formula is C20H28N4O4.